The number of likely N-dealkylation sites (N-methyl/N-ethyl adjacent to an activating group) is 1. The summed E-state index contributed by atoms with van der Waals surface area (Å²) in [4.78, 5) is 16.6. The van der Waals surface area contributed by atoms with Gasteiger partial charge in [-0.2, -0.15) is 0 Å². The fourth-order valence-electron chi connectivity index (χ4n) is 2.95. The zero-order valence-corrected chi connectivity index (χ0v) is 12.5. The van der Waals surface area contributed by atoms with Crippen molar-refractivity contribution in [2.24, 2.45) is 0 Å². The smallest absolute Gasteiger partial charge is 0.317 e. The van der Waals surface area contributed by atoms with Gasteiger partial charge in [0.15, 0.2) is 0 Å². The maximum Gasteiger partial charge on any atom is 0.317 e. The number of fused-ring (bicyclic) bond motifs is 1. The number of amides is 2. The van der Waals surface area contributed by atoms with Crippen LogP contribution in [0.4, 0.5) is 4.79 Å². The summed E-state index contributed by atoms with van der Waals surface area (Å²) in [5.74, 6) is 0.944. The van der Waals surface area contributed by atoms with Gasteiger partial charge in [0, 0.05) is 26.2 Å². The molecule has 0 aliphatic carbocycles. The van der Waals surface area contributed by atoms with Gasteiger partial charge in [-0.1, -0.05) is 25.1 Å². The number of rotatable bonds is 2. The predicted octanol–water partition coefficient (Wildman–Crippen LogP) is 1.34. The number of para-hydroxylation sites is 1. The number of benzene rings is 1. The Kier molecular flexibility index (Phi) is 4.29. The van der Waals surface area contributed by atoms with Crippen LogP contribution in [0, 0.1) is 0 Å². The highest BCUT2D eigenvalue weighted by molar-refractivity contribution is 5.74. The first-order valence-corrected chi connectivity index (χ1v) is 7.74. The largest absolute Gasteiger partial charge is 0.491 e. The molecule has 21 heavy (non-hydrogen) atoms. The van der Waals surface area contributed by atoms with E-state index in [0.717, 1.165) is 44.9 Å². The summed E-state index contributed by atoms with van der Waals surface area (Å²) in [5, 5.41) is 3.11. The maximum atomic E-state index is 12.3. The third-order valence-corrected chi connectivity index (χ3v) is 4.31. The summed E-state index contributed by atoms with van der Waals surface area (Å²) in [6, 6.07) is 8.14. The van der Waals surface area contributed by atoms with Crippen molar-refractivity contribution >= 4 is 6.03 Å². The third kappa shape index (κ3) is 3.29. The van der Waals surface area contributed by atoms with Gasteiger partial charge in [-0.05, 0) is 24.6 Å². The first-order chi connectivity index (χ1) is 10.3. The average Bonchev–Trinajstić information content (AvgIpc) is 2.55. The Morgan fingerprint density at radius 1 is 1.29 bits per heavy atom. The van der Waals surface area contributed by atoms with E-state index in [2.05, 4.69) is 23.2 Å². The van der Waals surface area contributed by atoms with Crippen molar-refractivity contribution in [2.75, 3.05) is 39.3 Å². The minimum absolute atomic E-state index is 0.0405. The van der Waals surface area contributed by atoms with Crippen LogP contribution >= 0.6 is 0 Å². The molecule has 2 aliphatic heterocycles. The molecule has 2 amide bonds. The molecule has 0 unspecified atom stereocenters. The molecule has 1 fully saturated rings. The number of hydrogen-bond donors (Lipinski definition) is 1. The van der Waals surface area contributed by atoms with E-state index in [9.17, 15) is 4.79 Å². The number of ether oxygens (including phenoxy) is 1. The van der Waals surface area contributed by atoms with E-state index in [1.807, 2.05) is 23.1 Å². The number of piperazine rings is 1. The maximum absolute atomic E-state index is 12.3. The molecule has 1 saturated heterocycles. The van der Waals surface area contributed by atoms with Gasteiger partial charge in [-0.15, -0.1) is 0 Å². The van der Waals surface area contributed by atoms with Gasteiger partial charge in [0.25, 0.3) is 0 Å². The fraction of sp³-hybridized carbons (Fsp3) is 0.562. The van der Waals surface area contributed by atoms with E-state index in [0.29, 0.717) is 6.61 Å². The average molecular weight is 289 g/mol. The van der Waals surface area contributed by atoms with Gasteiger partial charge in [0.2, 0.25) is 0 Å². The molecule has 0 spiro atoms. The molecule has 1 N–H and O–H groups in total. The van der Waals surface area contributed by atoms with Crippen LogP contribution in [0.3, 0.4) is 0 Å². The lowest BCUT2D eigenvalue weighted by Gasteiger charge is -2.35. The fourth-order valence-corrected chi connectivity index (χ4v) is 2.95. The highest BCUT2D eigenvalue weighted by atomic mass is 16.5. The first-order valence-electron chi connectivity index (χ1n) is 7.74. The van der Waals surface area contributed by atoms with Crippen molar-refractivity contribution in [3.05, 3.63) is 29.8 Å². The number of urea groups is 1. The zero-order chi connectivity index (χ0) is 14.7. The molecule has 0 aromatic heterocycles. The summed E-state index contributed by atoms with van der Waals surface area (Å²) in [6.45, 7) is 7.32. The van der Waals surface area contributed by atoms with Crippen LogP contribution in [0.2, 0.25) is 0 Å². The lowest BCUT2D eigenvalue weighted by molar-refractivity contribution is 0.136. The van der Waals surface area contributed by atoms with E-state index < -0.39 is 0 Å². The molecule has 1 aromatic rings. The van der Waals surface area contributed by atoms with Crippen LogP contribution in [0.25, 0.3) is 0 Å². The normalized spacial score (nSPS) is 22.3. The van der Waals surface area contributed by atoms with Crippen molar-refractivity contribution in [3.8, 4) is 5.75 Å². The molecular formula is C16H23N3O2. The van der Waals surface area contributed by atoms with Crippen LogP contribution in [0.5, 0.6) is 5.75 Å². The van der Waals surface area contributed by atoms with Crippen LogP contribution in [-0.2, 0) is 6.42 Å². The Hall–Kier alpha value is -1.75. The Morgan fingerprint density at radius 3 is 2.81 bits per heavy atom. The molecule has 0 saturated carbocycles. The minimum Gasteiger partial charge on any atom is -0.491 e. The van der Waals surface area contributed by atoms with Gasteiger partial charge in [-0.3, -0.25) is 0 Å². The second kappa shape index (κ2) is 6.35. The summed E-state index contributed by atoms with van der Waals surface area (Å²) in [5.41, 5.74) is 1.17. The van der Waals surface area contributed by atoms with E-state index in [1.54, 1.807) is 0 Å². The lowest BCUT2D eigenvalue weighted by atomic mass is 10.0. The van der Waals surface area contributed by atoms with E-state index in [4.69, 9.17) is 4.74 Å². The number of nitrogens with zero attached hydrogens (tertiary/aromatic N) is 2. The summed E-state index contributed by atoms with van der Waals surface area (Å²) >= 11 is 0. The second-order valence-electron chi connectivity index (χ2n) is 5.69. The highest BCUT2D eigenvalue weighted by Crippen LogP contribution is 2.23. The molecule has 114 valence electrons. The monoisotopic (exact) mass is 289 g/mol. The molecule has 1 aromatic carbocycles. The number of carbonyl (C=O) groups excluding carboxylic acids is 1. The van der Waals surface area contributed by atoms with Gasteiger partial charge in [-0.25, -0.2) is 4.79 Å². The van der Waals surface area contributed by atoms with Crippen LogP contribution in [0.1, 0.15) is 12.5 Å². The summed E-state index contributed by atoms with van der Waals surface area (Å²) in [6.07, 6.45) is 0.844. The molecule has 0 bridgehead atoms. The Morgan fingerprint density at radius 2 is 2.05 bits per heavy atom. The SMILES string of the molecule is CCN1CCN(C(=O)N[C@H]2COc3ccccc3C2)CC1. The van der Waals surface area contributed by atoms with Gasteiger partial charge in [0.05, 0.1) is 6.04 Å². The highest BCUT2D eigenvalue weighted by Gasteiger charge is 2.25. The molecule has 5 nitrogen and oxygen atoms in total. The summed E-state index contributed by atoms with van der Waals surface area (Å²) in [7, 11) is 0. The quantitative estimate of drug-likeness (QED) is 0.893. The van der Waals surface area contributed by atoms with Crippen molar-refractivity contribution < 1.29 is 9.53 Å². The predicted molar refractivity (Wildman–Crippen MR) is 81.6 cm³/mol. The third-order valence-electron chi connectivity index (χ3n) is 4.31. The molecular weight excluding hydrogens is 266 g/mol. The number of carbonyl (C=O) groups is 1. The van der Waals surface area contributed by atoms with Crippen LogP contribution < -0.4 is 10.1 Å². The molecule has 3 rings (SSSR count). The van der Waals surface area contributed by atoms with Crippen molar-refractivity contribution in [1.29, 1.82) is 0 Å². The number of hydrogen-bond acceptors (Lipinski definition) is 3. The van der Waals surface area contributed by atoms with Crippen LogP contribution in [0.15, 0.2) is 24.3 Å². The first kappa shape index (κ1) is 14.2. The van der Waals surface area contributed by atoms with Crippen molar-refractivity contribution in [1.82, 2.24) is 15.1 Å². The zero-order valence-electron chi connectivity index (χ0n) is 12.5. The Bertz CT molecular complexity index is 498. The van der Waals surface area contributed by atoms with Gasteiger partial charge >= 0.3 is 6.03 Å². The molecule has 0 radical (unpaired) electrons. The molecule has 1 atom stereocenters. The van der Waals surface area contributed by atoms with Crippen LogP contribution in [-0.4, -0.2) is 61.2 Å². The van der Waals surface area contributed by atoms with E-state index in [-0.39, 0.29) is 12.1 Å². The Balaban J connectivity index is 1.52. The molecule has 5 heteroatoms. The van der Waals surface area contributed by atoms with E-state index >= 15 is 0 Å². The van der Waals surface area contributed by atoms with Crippen molar-refractivity contribution in [2.45, 2.75) is 19.4 Å². The number of nitrogens with one attached hydrogen (secondary N) is 1. The Labute approximate surface area is 125 Å². The minimum atomic E-state index is 0.0405. The second-order valence-corrected chi connectivity index (χ2v) is 5.69. The lowest BCUT2D eigenvalue weighted by Crippen LogP contribution is -2.54. The summed E-state index contributed by atoms with van der Waals surface area (Å²) < 4.78 is 5.72. The standard InChI is InChI=1S/C16H23N3O2/c1-2-18-7-9-19(10-8-18)16(20)17-14-11-13-5-3-4-6-15(13)21-12-14/h3-6,14H,2,7-12H2,1H3,(H,17,20)/t14-/m1/s1. The molecule has 2 heterocycles. The molecule has 2 aliphatic rings. The van der Waals surface area contributed by atoms with E-state index in [1.165, 1.54) is 5.56 Å². The van der Waals surface area contributed by atoms with Gasteiger partial charge < -0.3 is 19.9 Å². The van der Waals surface area contributed by atoms with Gasteiger partial charge in [0.1, 0.15) is 12.4 Å². The topological polar surface area (TPSA) is 44.8 Å². The van der Waals surface area contributed by atoms with Crippen molar-refractivity contribution in [3.63, 3.8) is 0 Å².